The van der Waals surface area contributed by atoms with Crippen molar-refractivity contribution in [2.75, 3.05) is 18.5 Å². The SMILES string of the molecule is CCCc1nc2cc(N)ccc2n1CCS(=O)(=O)NC. The third-order valence-electron chi connectivity index (χ3n) is 3.22. The second-order valence-corrected chi connectivity index (χ2v) is 6.75. The van der Waals surface area contributed by atoms with Crippen LogP contribution < -0.4 is 10.5 Å². The van der Waals surface area contributed by atoms with Crippen LogP contribution in [0.15, 0.2) is 18.2 Å². The monoisotopic (exact) mass is 296 g/mol. The molecule has 0 fully saturated rings. The summed E-state index contributed by atoms with van der Waals surface area (Å²) in [4.78, 5) is 4.56. The van der Waals surface area contributed by atoms with Crippen molar-refractivity contribution < 1.29 is 8.42 Å². The molecule has 0 aliphatic rings. The zero-order valence-electron chi connectivity index (χ0n) is 11.8. The van der Waals surface area contributed by atoms with Crippen molar-refractivity contribution in [3.05, 3.63) is 24.0 Å². The van der Waals surface area contributed by atoms with Crippen LogP contribution in [0, 0.1) is 0 Å². The molecule has 20 heavy (non-hydrogen) atoms. The summed E-state index contributed by atoms with van der Waals surface area (Å²) in [5, 5.41) is 0. The van der Waals surface area contributed by atoms with Gasteiger partial charge in [0, 0.05) is 18.7 Å². The zero-order chi connectivity index (χ0) is 14.8. The lowest BCUT2D eigenvalue weighted by Crippen LogP contribution is -2.25. The van der Waals surface area contributed by atoms with Gasteiger partial charge >= 0.3 is 0 Å². The molecule has 0 saturated carbocycles. The summed E-state index contributed by atoms with van der Waals surface area (Å²) in [7, 11) is -1.80. The Morgan fingerprint density at radius 1 is 1.40 bits per heavy atom. The molecule has 1 aromatic carbocycles. The Morgan fingerprint density at radius 2 is 2.15 bits per heavy atom. The molecule has 0 spiro atoms. The van der Waals surface area contributed by atoms with E-state index in [-0.39, 0.29) is 5.75 Å². The van der Waals surface area contributed by atoms with Gasteiger partial charge in [-0.2, -0.15) is 0 Å². The highest BCUT2D eigenvalue weighted by atomic mass is 32.2. The van der Waals surface area contributed by atoms with E-state index in [9.17, 15) is 8.42 Å². The first-order chi connectivity index (χ1) is 9.46. The Kier molecular flexibility index (Phi) is 4.29. The lowest BCUT2D eigenvalue weighted by Gasteiger charge is -2.09. The van der Waals surface area contributed by atoms with Crippen molar-refractivity contribution in [1.29, 1.82) is 0 Å². The van der Waals surface area contributed by atoms with Crippen molar-refractivity contribution in [3.63, 3.8) is 0 Å². The van der Waals surface area contributed by atoms with Crippen LogP contribution in [0.1, 0.15) is 19.2 Å². The van der Waals surface area contributed by atoms with Crippen LogP contribution in [0.2, 0.25) is 0 Å². The Bertz CT molecular complexity index is 706. The Balaban J connectivity index is 2.41. The van der Waals surface area contributed by atoms with E-state index in [1.54, 1.807) is 0 Å². The fraction of sp³-hybridized carbons (Fsp3) is 0.462. The molecule has 0 aliphatic heterocycles. The lowest BCUT2D eigenvalue weighted by molar-refractivity contribution is 0.579. The summed E-state index contributed by atoms with van der Waals surface area (Å²) in [6.07, 6.45) is 1.77. The molecular formula is C13H20N4O2S. The normalized spacial score (nSPS) is 12.1. The summed E-state index contributed by atoms with van der Waals surface area (Å²) in [6.45, 7) is 2.46. The third-order valence-corrected chi connectivity index (χ3v) is 4.56. The Morgan fingerprint density at radius 3 is 2.80 bits per heavy atom. The number of aryl methyl sites for hydroxylation is 2. The maximum atomic E-state index is 11.6. The highest BCUT2D eigenvalue weighted by Crippen LogP contribution is 2.20. The molecule has 110 valence electrons. The number of nitrogen functional groups attached to an aromatic ring is 1. The molecular weight excluding hydrogens is 276 g/mol. The van der Waals surface area contributed by atoms with Crippen LogP contribution in [0.4, 0.5) is 5.69 Å². The number of nitrogens with zero attached hydrogens (tertiary/aromatic N) is 2. The molecule has 3 N–H and O–H groups in total. The zero-order valence-corrected chi connectivity index (χ0v) is 12.6. The largest absolute Gasteiger partial charge is 0.399 e. The molecule has 0 bridgehead atoms. The van der Waals surface area contributed by atoms with E-state index in [2.05, 4.69) is 16.6 Å². The topological polar surface area (TPSA) is 90.0 Å². The van der Waals surface area contributed by atoms with E-state index < -0.39 is 10.0 Å². The van der Waals surface area contributed by atoms with Crippen molar-refractivity contribution in [2.45, 2.75) is 26.3 Å². The number of hydrogen-bond acceptors (Lipinski definition) is 4. The van der Waals surface area contributed by atoms with E-state index in [1.165, 1.54) is 7.05 Å². The average molecular weight is 296 g/mol. The minimum Gasteiger partial charge on any atom is -0.399 e. The van der Waals surface area contributed by atoms with Crippen molar-refractivity contribution in [3.8, 4) is 0 Å². The first kappa shape index (κ1) is 14.8. The van der Waals surface area contributed by atoms with Gasteiger partial charge in [-0.1, -0.05) is 6.92 Å². The van der Waals surface area contributed by atoms with Crippen molar-refractivity contribution >= 4 is 26.7 Å². The van der Waals surface area contributed by atoms with Crippen LogP contribution in [0.3, 0.4) is 0 Å². The van der Waals surface area contributed by atoms with Crippen LogP contribution in [-0.4, -0.2) is 30.8 Å². The van der Waals surface area contributed by atoms with Gasteiger partial charge < -0.3 is 10.3 Å². The van der Waals surface area contributed by atoms with Crippen molar-refractivity contribution in [2.24, 2.45) is 0 Å². The van der Waals surface area contributed by atoms with Gasteiger partial charge in [-0.3, -0.25) is 0 Å². The van der Waals surface area contributed by atoms with E-state index in [0.29, 0.717) is 12.2 Å². The van der Waals surface area contributed by atoms with Gasteiger partial charge in [0.2, 0.25) is 10.0 Å². The predicted octanol–water partition coefficient (Wildman–Crippen LogP) is 1.12. The van der Waals surface area contributed by atoms with Crippen LogP contribution in [0.25, 0.3) is 11.0 Å². The number of anilines is 1. The van der Waals surface area contributed by atoms with Crippen LogP contribution >= 0.6 is 0 Å². The molecule has 0 unspecified atom stereocenters. The number of nitrogens with two attached hydrogens (primary N) is 1. The molecule has 2 aromatic rings. The molecule has 0 aliphatic carbocycles. The summed E-state index contributed by atoms with van der Waals surface area (Å²) in [5.41, 5.74) is 8.17. The first-order valence-corrected chi connectivity index (χ1v) is 8.28. The standard InChI is InChI=1S/C13H20N4O2S/c1-3-4-13-16-11-9-10(14)5-6-12(11)17(13)7-8-20(18,19)15-2/h5-6,9,15H,3-4,7-8,14H2,1-2H3. The number of hydrogen-bond donors (Lipinski definition) is 2. The fourth-order valence-corrected chi connectivity index (χ4v) is 2.80. The molecule has 0 radical (unpaired) electrons. The fourth-order valence-electron chi connectivity index (χ4n) is 2.17. The quantitative estimate of drug-likeness (QED) is 0.782. The highest BCUT2D eigenvalue weighted by molar-refractivity contribution is 7.89. The van der Waals surface area contributed by atoms with E-state index in [1.807, 2.05) is 22.8 Å². The number of aromatic nitrogens is 2. The van der Waals surface area contributed by atoms with Crippen LogP contribution in [-0.2, 0) is 23.0 Å². The van der Waals surface area contributed by atoms with Gasteiger partial charge in [0.15, 0.2) is 0 Å². The average Bonchev–Trinajstić information content (AvgIpc) is 2.73. The van der Waals surface area contributed by atoms with E-state index in [0.717, 1.165) is 29.7 Å². The Labute approximate surface area is 119 Å². The summed E-state index contributed by atoms with van der Waals surface area (Å²) in [6, 6.07) is 5.52. The summed E-state index contributed by atoms with van der Waals surface area (Å²) >= 11 is 0. The molecule has 6 nitrogen and oxygen atoms in total. The first-order valence-electron chi connectivity index (χ1n) is 6.62. The maximum absolute atomic E-state index is 11.6. The van der Waals surface area contributed by atoms with Gasteiger partial charge in [0.25, 0.3) is 0 Å². The van der Waals surface area contributed by atoms with Gasteiger partial charge in [0.05, 0.1) is 16.8 Å². The van der Waals surface area contributed by atoms with Gasteiger partial charge in [-0.25, -0.2) is 18.1 Å². The molecule has 0 amide bonds. The minimum absolute atomic E-state index is 0.0377. The number of rotatable bonds is 6. The number of nitrogens with one attached hydrogen (secondary N) is 1. The Hall–Kier alpha value is -1.60. The van der Waals surface area contributed by atoms with Gasteiger partial charge in [-0.15, -0.1) is 0 Å². The van der Waals surface area contributed by atoms with Crippen molar-refractivity contribution in [1.82, 2.24) is 14.3 Å². The number of benzene rings is 1. The molecule has 2 rings (SSSR count). The molecule has 1 aromatic heterocycles. The smallest absolute Gasteiger partial charge is 0.213 e. The molecule has 7 heteroatoms. The number of imidazole rings is 1. The third kappa shape index (κ3) is 3.10. The number of fused-ring (bicyclic) bond motifs is 1. The predicted molar refractivity (Wildman–Crippen MR) is 81.0 cm³/mol. The maximum Gasteiger partial charge on any atom is 0.213 e. The molecule has 1 heterocycles. The molecule has 0 saturated heterocycles. The summed E-state index contributed by atoms with van der Waals surface area (Å²) < 4.78 is 27.5. The van der Waals surface area contributed by atoms with Crippen LogP contribution in [0.5, 0.6) is 0 Å². The second-order valence-electron chi connectivity index (χ2n) is 4.70. The second kappa shape index (κ2) is 5.80. The van der Waals surface area contributed by atoms with E-state index >= 15 is 0 Å². The number of sulfonamides is 1. The highest BCUT2D eigenvalue weighted by Gasteiger charge is 2.13. The van der Waals surface area contributed by atoms with E-state index in [4.69, 9.17) is 5.73 Å². The van der Waals surface area contributed by atoms with Gasteiger partial charge in [0.1, 0.15) is 5.82 Å². The van der Waals surface area contributed by atoms with Gasteiger partial charge in [-0.05, 0) is 31.7 Å². The summed E-state index contributed by atoms with van der Waals surface area (Å²) in [5.74, 6) is 0.940. The molecule has 0 atom stereocenters. The minimum atomic E-state index is -3.23. The lowest BCUT2D eigenvalue weighted by atomic mass is 10.3.